The van der Waals surface area contributed by atoms with Crippen LogP contribution in [0.1, 0.15) is 27.2 Å². The summed E-state index contributed by atoms with van der Waals surface area (Å²) < 4.78 is 9.69. The molecular weight excluding hydrogens is 360 g/mol. The van der Waals surface area contributed by atoms with Crippen LogP contribution in [0.25, 0.3) is 0 Å². The van der Waals surface area contributed by atoms with Crippen LogP contribution in [0.15, 0.2) is 47.9 Å². The van der Waals surface area contributed by atoms with Gasteiger partial charge in [0.1, 0.15) is 23.3 Å². The van der Waals surface area contributed by atoms with Crippen LogP contribution in [-0.4, -0.2) is 37.7 Å². The summed E-state index contributed by atoms with van der Waals surface area (Å²) in [6, 6.07) is 3.58. The lowest BCUT2D eigenvalue weighted by atomic mass is 10.2. The third-order valence-corrected chi connectivity index (χ3v) is 2.90. The number of hydrogen-bond donors (Lipinski definition) is 2. The first-order chi connectivity index (χ1) is 13.5. The van der Waals surface area contributed by atoms with Gasteiger partial charge in [-0.3, -0.25) is 0 Å². The zero-order chi connectivity index (χ0) is 21.2. The van der Waals surface area contributed by atoms with Crippen molar-refractivity contribution in [2.24, 2.45) is 0 Å². The van der Waals surface area contributed by atoms with E-state index in [1.165, 1.54) is 12.2 Å². The van der Waals surface area contributed by atoms with Gasteiger partial charge in [0, 0.05) is 13.1 Å². The fraction of sp³-hybridized carbons (Fsp3) is 0.400. The monoisotopic (exact) mass is 386 g/mol. The number of carbonyl (C=O) groups is 2. The summed E-state index contributed by atoms with van der Waals surface area (Å²) in [6.07, 6.45) is 9.69. The van der Waals surface area contributed by atoms with Crippen LogP contribution in [0.5, 0.6) is 0 Å². The summed E-state index contributed by atoms with van der Waals surface area (Å²) in [5.41, 5.74) is -0.125. The van der Waals surface area contributed by atoms with Gasteiger partial charge in [0.15, 0.2) is 0 Å². The standard InChI is InChI=1S/C20H26N4O4/c1-4-27-19(25)17(14-21)8-5-10-23-12-7-13-24-11-6-9-18(15-22)20(26)28-16(2)3/h5-6,8-11,16,23-24H,4,7,12-13H2,1-3H3/b10-5+,11-6+,17-8+,18-9+. The van der Waals surface area contributed by atoms with Gasteiger partial charge in [-0.2, -0.15) is 10.5 Å². The van der Waals surface area contributed by atoms with Crippen LogP contribution in [0.2, 0.25) is 0 Å². The number of nitrogens with zero attached hydrogens (tertiary/aromatic N) is 2. The van der Waals surface area contributed by atoms with E-state index in [0.29, 0.717) is 13.1 Å². The van der Waals surface area contributed by atoms with Gasteiger partial charge in [-0.1, -0.05) is 0 Å². The molecule has 0 aliphatic rings. The Balaban J connectivity index is 4.09. The highest BCUT2D eigenvalue weighted by molar-refractivity contribution is 5.93. The van der Waals surface area contributed by atoms with E-state index in [1.807, 2.05) is 0 Å². The normalized spacial score (nSPS) is 11.9. The molecule has 0 unspecified atom stereocenters. The highest BCUT2D eigenvalue weighted by Crippen LogP contribution is 2.00. The molecule has 0 radical (unpaired) electrons. The Bertz CT molecular complexity index is 707. The molecule has 8 heteroatoms. The van der Waals surface area contributed by atoms with Gasteiger partial charge < -0.3 is 20.1 Å². The molecule has 0 saturated carbocycles. The fourth-order valence-electron chi connectivity index (χ4n) is 1.67. The molecule has 150 valence electrons. The molecule has 0 fully saturated rings. The third kappa shape index (κ3) is 11.9. The van der Waals surface area contributed by atoms with E-state index in [9.17, 15) is 9.59 Å². The summed E-state index contributed by atoms with van der Waals surface area (Å²) in [5, 5.41) is 23.8. The first kappa shape index (κ1) is 24.5. The van der Waals surface area contributed by atoms with Crippen molar-refractivity contribution >= 4 is 11.9 Å². The number of allylic oxidation sites excluding steroid dienone is 4. The van der Waals surface area contributed by atoms with E-state index in [4.69, 9.17) is 20.0 Å². The summed E-state index contributed by atoms with van der Waals surface area (Å²) in [6.45, 7) is 6.67. The average Bonchev–Trinajstić information content (AvgIpc) is 2.65. The average molecular weight is 386 g/mol. The Morgan fingerprint density at radius 3 is 1.89 bits per heavy atom. The first-order valence-electron chi connectivity index (χ1n) is 8.85. The van der Waals surface area contributed by atoms with Crippen LogP contribution in [0, 0.1) is 22.7 Å². The summed E-state index contributed by atoms with van der Waals surface area (Å²) in [4.78, 5) is 23.0. The summed E-state index contributed by atoms with van der Waals surface area (Å²) >= 11 is 0. The zero-order valence-corrected chi connectivity index (χ0v) is 16.4. The van der Waals surface area contributed by atoms with Crippen molar-refractivity contribution in [1.82, 2.24) is 10.6 Å². The topological polar surface area (TPSA) is 124 Å². The number of esters is 2. The first-order valence-corrected chi connectivity index (χ1v) is 8.85. The molecule has 0 bridgehead atoms. The molecule has 0 atom stereocenters. The van der Waals surface area contributed by atoms with Gasteiger partial charge >= 0.3 is 11.9 Å². The van der Waals surface area contributed by atoms with Gasteiger partial charge in [-0.05, 0) is 63.9 Å². The zero-order valence-electron chi connectivity index (χ0n) is 16.4. The Kier molecular flexibility index (Phi) is 13.7. The van der Waals surface area contributed by atoms with E-state index in [1.54, 1.807) is 57.5 Å². The van der Waals surface area contributed by atoms with E-state index in [2.05, 4.69) is 10.6 Å². The van der Waals surface area contributed by atoms with Crippen molar-refractivity contribution in [1.29, 1.82) is 10.5 Å². The van der Waals surface area contributed by atoms with E-state index in [-0.39, 0.29) is 23.9 Å². The van der Waals surface area contributed by atoms with Gasteiger partial charge in [0.05, 0.1) is 12.7 Å². The predicted octanol–water partition coefficient (Wildman–Crippen LogP) is 2.00. The number of nitrogens with one attached hydrogen (secondary N) is 2. The van der Waals surface area contributed by atoms with Crippen LogP contribution in [0.3, 0.4) is 0 Å². The van der Waals surface area contributed by atoms with Crippen molar-refractivity contribution in [3.63, 3.8) is 0 Å². The largest absolute Gasteiger partial charge is 0.462 e. The van der Waals surface area contributed by atoms with Gasteiger partial charge in [-0.25, -0.2) is 9.59 Å². The van der Waals surface area contributed by atoms with Crippen LogP contribution >= 0.6 is 0 Å². The van der Waals surface area contributed by atoms with E-state index in [0.717, 1.165) is 6.42 Å². The minimum Gasteiger partial charge on any atom is -0.462 e. The number of rotatable bonds is 12. The molecule has 0 amide bonds. The smallest absolute Gasteiger partial charge is 0.349 e. The quantitative estimate of drug-likeness (QED) is 0.172. The second-order valence-corrected chi connectivity index (χ2v) is 5.54. The molecule has 0 rings (SSSR count). The Hall–Kier alpha value is -3.52. The van der Waals surface area contributed by atoms with Crippen LogP contribution in [0.4, 0.5) is 0 Å². The highest BCUT2D eigenvalue weighted by Gasteiger charge is 2.10. The van der Waals surface area contributed by atoms with Gasteiger partial charge in [0.2, 0.25) is 0 Å². The Labute approximate surface area is 165 Å². The lowest BCUT2D eigenvalue weighted by Crippen LogP contribution is -2.15. The van der Waals surface area contributed by atoms with Crippen LogP contribution < -0.4 is 10.6 Å². The number of ether oxygens (including phenoxy) is 2. The Morgan fingerprint density at radius 1 is 0.964 bits per heavy atom. The molecule has 0 heterocycles. The minimum atomic E-state index is -0.644. The molecule has 0 saturated heterocycles. The molecule has 0 aromatic carbocycles. The molecule has 0 aromatic rings. The molecule has 8 nitrogen and oxygen atoms in total. The molecule has 0 aliphatic heterocycles. The SMILES string of the molecule is CCOC(=O)/C(C#N)=C/C=C/NCCCN/C=C/C=C(\C#N)C(=O)OC(C)C. The van der Waals surface area contributed by atoms with Crippen molar-refractivity contribution in [3.05, 3.63) is 47.9 Å². The predicted molar refractivity (Wildman–Crippen MR) is 104 cm³/mol. The maximum Gasteiger partial charge on any atom is 0.349 e. The number of hydrogen-bond acceptors (Lipinski definition) is 8. The van der Waals surface area contributed by atoms with E-state index >= 15 is 0 Å². The van der Waals surface area contributed by atoms with Gasteiger partial charge in [-0.15, -0.1) is 0 Å². The number of carbonyl (C=O) groups excluding carboxylic acids is 2. The highest BCUT2D eigenvalue weighted by atomic mass is 16.5. The molecule has 0 aromatic heterocycles. The summed E-state index contributed by atoms with van der Waals surface area (Å²) in [7, 11) is 0. The molecule has 2 N–H and O–H groups in total. The molecule has 0 aliphatic carbocycles. The molecule has 0 spiro atoms. The lowest BCUT2D eigenvalue weighted by molar-refractivity contribution is -0.142. The molecule has 28 heavy (non-hydrogen) atoms. The van der Waals surface area contributed by atoms with Crippen molar-refractivity contribution in [2.75, 3.05) is 19.7 Å². The van der Waals surface area contributed by atoms with Crippen molar-refractivity contribution < 1.29 is 19.1 Å². The lowest BCUT2D eigenvalue weighted by Gasteiger charge is -2.05. The van der Waals surface area contributed by atoms with Crippen molar-refractivity contribution in [3.8, 4) is 12.1 Å². The second kappa shape index (κ2) is 15.7. The van der Waals surface area contributed by atoms with Gasteiger partial charge in [0.25, 0.3) is 0 Å². The second-order valence-electron chi connectivity index (χ2n) is 5.54. The maximum absolute atomic E-state index is 11.6. The minimum absolute atomic E-state index is 0.0613. The fourth-order valence-corrected chi connectivity index (χ4v) is 1.67. The van der Waals surface area contributed by atoms with Crippen LogP contribution in [-0.2, 0) is 19.1 Å². The Morgan fingerprint density at radius 2 is 1.46 bits per heavy atom. The van der Waals surface area contributed by atoms with Crippen molar-refractivity contribution in [2.45, 2.75) is 33.3 Å². The maximum atomic E-state index is 11.6. The number of nitriles is 2. The molecular formula is C20H26N4O4. The van der Waals surface area contributed by atoms with E-state index < -0.39 is 11.9 Å². The summed E-state index contributed by atoms with van der Waals surface area (Å²) in [5.74, 6) is -1.29. The third-order valence-electron chi connectivity index (χ3n) is 2.90.